The van der Waals surface area contributed by atoms with E-state index in [-0.39, 0.29) is 16.1 Å². The van der Waals surface area contributed by atoms with Gasteiger partial charge in [-0.15, -0.1) is 12.6 Å². The van der Waals surface area contributed by atoms with Crippen LogP contribution in [0.1, 0.15) is 25.3 Å². The molecule has 1 heterocycles. The summed E-state index contributed by atoms with van der Waals surface area (Å²) in [6.45, 7) is 1.99. The molecule has 1 saturated heterocycles. The number of alkyl halides is 3. The van der Waals surface area contributed by atoms with Gasteiger partial charge in [0.05, 0.1) is 7.11 Å². The van der Waals surface area contributed by atoms with Gasteiger partial charge in [-0.2, -0.15) is 17.6 Å². The zero-order valence-electron chi connectivity index (χ0n) is 17.1. The Hall–Kier alpha value is -2.40. The number of carbonyl (C=O) groups excluding carboxylic acids is 1. The van der Waals surface area contributed by atoms with Gasteiger partial charge in [0.25, 0.3) is 5.91 Å². The molecular formula is C21H19F6NO3S. The van der Waals surface area contributed by atoms with E-state index in [2.05, 4.69) is 17.9 Å². The fourth-order valence-electron chi connectivity index (χ4n) is 3.84. The van der Waals surface area contributed by atoms with E-state index in [0.29, 0.717) is 0 Å². The summed E-state index contributed by atoms with van der Waals surface area (Å²) in [6, 6.07) is 5.19. The van der Waals surface area contributed by atoms with E-state index in [0.717, 1.165) is 32.2 Å². The largest absolute Gasteiger partial charge is 0.493 e. The number of hydrogen-bond donors (Lipinski definition) is 2. The first-order valence-corrected chi connectivity index (χ1v) is 9.82. The van der Waals surface area contributed by atoms with E-state index in [4.69, 9.17) is 9.47 Å². The van der Waals surface area contributed by atoms with Gasteiger partial charge in [0, 0.05) is 28.0 Å². The van der Waals surface area contributed by atoms with Gasteiger partial charge in [0.15, 0.2) is 17.2 Å². The number of anilines is 1. The highest BCUT2D eigenvalue weighted by atomic mass is 32.1. The monoisotopic (exact) mass is 479 g/mol. The highest BCUT2D eigenvalue weighted by molar-refractivity contribution is 7.80. The lowest BCUT2D eigenvalue weighted by molar-refractivity contribution is -0.272. The third-order valence-corrected chi connectivity index (χ3v) is 6.13. The maximum atomic E-state index is 14.3. The van der Waals surface area contributed by atoms with Gasteiger partial charge >= 0.3 is 6.18 Å². The van der Waals surface area contributed by atoms with Crippen molar-refractivity contribution in [3.63, 3.8) is 0 Å². The number of halogens is 6. The SMILES string of the molecule is COc1c([C@H]2[C@H](C(=O)Nc3ccc(F)c(S)c3)O[C@@](C)(C(F)(F)F)[C@H]2C)ccc(F)c1F. The molecule has 1 aliphatic rings. The van der Waals surface area contributed by atoms with E-state index < -0.39 is 58.8 Å². The molecule has 0 aliphatic carbocycles. The number of ether oxygens (including phenoxy) is 2. The molecule has 4 nitrogen and oxygen atoms in total. The molecule has 2 aromatic carbocycles. The van der Waals surface area contributed by atoms with Gasteiger partial charge in [0.1, 0.15) is 11.9 Å². The van der Waals surface area contributed by atoms with Gasteiger partial charge < -0.3 is 14.8 Å². The van der Waals surface area contributed by atoms with Crippen LogP contribution in [0.2, 0.25) is 0 Å². The second kappa shape index (κ2) is 8.51. The van der Waals surface area contributed by atoms with Crippen molar-refractivity contribution in [2.75, 3.05) is 12.4 Å². The summed E-state index contributed by atoms with van der Waals surface area (Å²) < 4.78 is 93.3. The average Bonchev–Trinajstić information content (AvgIpc) is 2.99. The fraction of sp³-hybridized carbons (Fsp3) is 0.381. The van der Waals surface area contributed by atoms with Crippen LogP contribution in [0.3, 0.4) is 0 Å². The zero-order valence-corrected chi connectivity index (χ0v) is 18.0. The van der Waals surface area contributed by atoms with Crippen molar-refractivity contribution in [2.45, 2.75) is 42.5 Å². The Labute approximate surface area is 185 Å². The molecule has 11 heteroatoms. The summed E-state index contributed by atoms with van der Waals surface area (Å²) in [7, 11) is 1.03. The Balaban J connectivity index is 2.08. The number of thiol groups is 1. The van der Waals surface area contributed by atoms with E-state index in [1.54, 1.807) is 0 Å². The third kappa shape index (κ3) is 4.03. The van der Waals surface area contributed by atoms with Crippen molar-refractivity contribution in [1.82, 2.24) is 0 Å². The molecule has 1 fully saturated rings. The minimum atomic E-state index is -4.88. The van der Waals surface area contributed by atoms with Gasteiger partial charge in [-0.05, 0) is 31.2 Å². The van der Waals surface area contributed by atoms with Crippen LogP contribution in [0.15, 0.2) is 35.2 Å². The summed E-state index contributed by atoms with van der Waals surface area (Å²) in [6.07, 6.45) is -6.62. The number of amides is 1. The molecule has 0 unspecified atom stereocenters. The lowest BCUT2D eigenvalue weighted by Gasteiger charge is -2.32. The number of hydrogen-bond acceptors (Lipinski definition) is 4. The fourth-order valence-corrected chi connectivity index (χ4v) is 4.06. The second-order valence-corrected chi connectivity index (χ2v) is 8.08. The summed E-state index contributed by atoms with van der Waals surface area (Å²) in [5.41, 5.74) is -2.86. The molecule has 1 amide bonds. The average molecular weight is 479 g/mol. The Bertz CT molecular complexity index is 1050. The normalized spacial score (nSPS) is 25.6. The second-order valence-electron chi connectivity index (χ2n) is 7.60. The van der Waals surface area contributed by atoms with Gasteiger partial charge in [-0.3, -0.25) is 4.79 Å². The van der Waals surface area contributed by atoms with Crippen LogP contribution in [-0.4, -0.2) is 30.9 Å². The Kier molecular flexibility index (Phi) is 6.45. The molecule has 0 spiro atoms. The van der Waals surface area contributed by atoms with Gasteiger partial charge in [0.2, 0.25) is 5.82 Å². The molecule has 1 N–H and O–H groups in total. The third-order valence-electron chi connectivity index (χ3n) is 5.78. The summed E-state index contributed by atoms with van der Waals surface area (Å²) in [5.74, 6) is -7.64. The minimum Gasteiger partial charge on any atom is -0.493 e. The topological polar surface area (TPSA) is 47.6 Å². The predicted molar refractivity (Wildman–Crippen MR) is 106 cm³/mol. The highest BCUT2D eigenvalue weighted by Gasteiger charge is 2.65. The zero-order chi connectivity index (χ0) is 24.0. The van der Waals surface area contributed by atoms with Crippen LogP contribution in [-0.2, 0) is 9.53 Å². The first-order valence-electron chi connectivity index (χ1n) is 9.37. The molecule has 2 aromatic rings. The van der Waals surface area contributed by atoms with Crippen molar-refractivity contribution in [1.29, 1.82) is 0 Å². The Morgan fingerprint density at radius 2 is 1.78 bits per heavy atom. The molecule has 32 heavy (non-hydrogen) atoms. The van der Waals surface area contributed by atoms with Crippen LogP contribution in [0.5, 0.6) is 5.75 Å². The molecule has 4 atom stereocenters. The van der Waals surface area contributed by atoms with Crippen LogP contribution >= 0.6 is 12.6 Å². The van der Waals surface area contributed by atoms with Gasteiger partial charge in [-0.25, -0.2) is 8.78 Å². The van der Waals surface area contributed by atoms with Crippen LogP contribution in [0.4, 0.5) is 32.0 Å². The molecule has 1 aliphatic heterocycles. The molecule has 0 radical (unpaired) electrons. The minimum absolute atomic E-state index is 0.0641. The summed E-state index contributed by atoms with van der Waals surface area (Å²) in [5, 5.41) is 2.37. The molecule has 174 valence electrons. The number of benzene rings is 2. The van der Waals surface area contributed by atoms with E-state index >= 15 is 0 Å². The maximum absolute atomic E-state index is 14.3. The lowest BCUT2D eigenvalue weighted by atomic mass is 9.77. The predicted octanol–water partition coefficient (Wildman–Crippen LogP) is 5.48. The van der Waals surface area contributed by atoms with Crippen molar-refractivity contribution in [3.05, 3.63) is 53.3 Å². The van der Waals surface area contributed by atoms with Crippen molar-refractivity contribution in [2.24, 2.45) is 5.92 Å². The van der Waals surface area contributed by atoms with Crippen molar-refractivity contribution in [3.8, 4) is 5.75 Å². The van der Waals surface area contributed by atoms with E-state index in [9.17, 15) is 31.1 Å². The molecule has 0 bridgehead atoms. The Morgan fingerprint density at radius 3 is 2.34 bits per heavy atom. The number of nitrogens with one attached hydrogen (secondary N) is 1. The van der Waals surface area contributed by atoms with Gasteiger partial charge in [-0.1, -0.05) is 13.0 Å². The van der Waals surface area contributed by atoms with Crippen LogP contribution in [0.25, 0.3) is 0 Å². The standard InChI is InChI=1S/C21H19F6NO3S/c1-9-15(11-5-7-13(23)16(24)17(11)30-3)18(31-20(9,2)21(25,26)27)19(29)28-10-4-6-12(22)14(32)8-10/h4-9,15,18,32H,1-3H3,(H,28,29)/t9-,15-,18+,20+/m0/s1. The molecular weight excluding hydrogens is 460 g/mol. The smallest absolute Gasteiger partial charge is 0.417 e. The summed E-state index contributed by atoms with van der Waals surface area (Å²) >= 11 is 3.90. The van der Waals surface area contributed by atoms with Crippen molar-refractivity contribution < 1.29 is 40.6 Å². The number of methoxy groups -OCH3 is 1. The summed E-state index contributed by atoms with van der Waals surface area (Å²) in [4.78, 5) is 12.9. The maximum Gasteiger partial charge on any atom is 0.417 e. The quantitative estimate of drug-likeness (QED) is 0.451. The first kappa shape index (κ1) is 24.2. The lowest BCUT2D eigenvalue weighted by Crippen LogP contribution is -2.47. The van der Waals surface area contributed by atoms with Crippen molar-refractivity contribution >= 4 is 24.2 Å². The molecule has 0 saturated carbocycles. The van der Waals surface area contributed by atoms with E-state index in [1.165, 1.54) is 19.1 Å². The molecule has 3 rings (SSSR count). The van der Waals surface area contributed by atoms with E-state index in [1.807, 2.05) is 0 Å². The van der Waals surface area contributed by atoms with Crippen LogP contribution in [0, 0.1) is 23.4 Å². The number of carbonyl (C=O) groups is 1. The van der Waals surface area contributed by atoms with Crippen LogP contribution < -0.4 is 10.1 Å². The highest BCUT2D eigenvalue weighted by Crippen LogP contribution is 2.55. The first-order chi connectivity index (χ1) is 14.8. The molecule has 0 aromatic heterocycles. The Morgan fingerprint density at radius 1 is 1.16 bits per heavy atom. The number of rotatable bonds is 4.